The van der Waals surface area contributed by atoms with Crippen molar-refractivity contribution in [3.63, 3.8) is 0 Å². The molecule has 0 aliphatic carbocycles. The second-order valence-electron chi connectivity index (χ2n) is 6.01. The number of rotatable bonds is 4. The van der Waals surface area contributed by atoms with E-state index < -0.39 is 0 Å². The van der Waals surface area contributed by atoms with Crippen LogP contribution in [-0.2, 0) is 17.8 Å². The van der Waals surface area contributed by atoms with Gasteiger partial charge in [0.2, 0.25) is 5.91 Å². The van der Waals surface area contributed by atoms with Gasteiger partial charge < -0.3 is 5.32 Å². The Bertz CT molecular complexity index is 661. The zero-order valence-corrected chi connectivity index (χ0v) is 14.1. The smallest absolute Gasteiger partial charge is 0.242 e. The number of fused-ring (bicyclic) bond motifs is 1. The summed E-state index contributed by atoms with van der Waals surface area (Å²) in [6.45, 7) is 7.87. The highest BCUT2D eigenvalue weighted by Crippen LogP contribution is 2.25. The first-order valence-electron chi connectivity index (χ1n) is 7.70. The molecule has 0 saturated carbocycles. The van der Waals surface area contributed by atoms with Crippen molar-refractivity contribution in [2.45, 2.75) is 45.8 Å². The lowest BCUT2D eigenvalue weighted by molar-refractivity contribution is -0.121. The summed E-state index contributed by atoms with van der Waals surface area (Å²) in [5, 5.41) is 9.40. The summed E-state index contributed by atoms with van der Waals surface area (Å²) in [5.74, 6) is 0.793. The van der Waals surface area contributed by atoms with Gasteiger partial charge in [-0.15, -0.1) is 11.3 Å². The van der Waals surface area contributed by atoms with Gasteiger partial charge >= 0.3 is 0 Å². The highest BCUT2D eigenvalue weighted by molar-refractivity contribution is 7.10. The summed E-state index contributed by atoms with van der Waals surface area (Å²) >= 11 is 1.82. The van der Waals surface area contributed by atoms with Crippen molar-refractivity contribution in [3.8, 4) is 0 Å². The molecule has 1 amide bonds. The van der Waals surface area contributed by atoms with Crippen molar-refractivity contribution in [2.24, 2.45) is 0 Å². The van der Waals surface area contributed by atoms with E-state index in [4.69, 9.17) is 0 Å². The number of anilines is 1. The predicted molar refractivity (Wildman–Crippen MR) is 89.1 cm³/mol. The topological polar surface area (TPSA) is 50.2 Å². The standard InChI is InChI=1S/C16H22N4OS/c1-11(2)20-15(4-7-17-20)18-16(21)12(3)19-8-5-14-13(10-19)6-9-22-14/h4,6-7,9,11-12H,5,8,10H2,1-3H3,(H,18,21)/t12-/m1/s1. The van der Waals surface area contributed by atoms with Crippen molar-refractivity contribution in [1.29, 1.82) is 0 Å². The summed E-state index contributed by atoms with van der Waals surface area (Å²) in [5.41, 5.74) is 1.36. The van der Waals surface area contributed by atoms with Gasteiger partial charge in [0.25, 0.3) is 0 Å². The van der Waals surface area contributed by atoms with Crippen LogP contribution in [0.15, 0.2) is 23.7 Å². The molecule has 0 unspecified atom stereocenters. The Morgan fingerprint density at radius 1 is 1.36 bits per heavy atom. The lowest BCUT2D eigenvalue weighted by Crippen LogP contribution is -2.44. The van der Waals surface area contributed by atoms with Crippen LogP contribution in [0.1, 0.15) is 37.3 Å². The van der Waals surface area contributed by atoms with Crippen LogP contribution in [0.3, 0.4) is 0 Å². The van der Waals surface area contributed by atoms with Crippen LogP contribution in [0.25, 0.3) is 0 Å². The van der Waals surface area contributed by atoms with E-state index in [1.807, 2.05) is 29.0 Å². The van der Waals surface area contributed by atoms with Crippen LogP contribution < -0.4 is 5.32 Å². The Balaban J connectivity index is 1.66. The Kier molecular flexibility index (Phi) is 4.31. The molecule has 5 nitrogen and oxygen atoms in total. The van der Waals surface area contributed by atoms with E-state index in [2.05, 4.69) is 40.6 Å². The molecule has 22 heavy (non-hydrogen) atoms. The third-order valence-corrected chi connectivity index (χ3v) is 5.20. The number of carbonyl (C=O) groups is 1. The number of nitrogens with one attached hydrogen (secondary N) is 1. The largest absolute Gasteiger partial charge is 0.310 e. The lowest BCUT2D eigenvalue weighted by atomic mass is 10.1. The Morgan fingerprint density at radius 2 is 2.18 bits per heavy atom. The fraction of sp³-hybridized carbons (Fsp3) is 0.500. The van der Waals surface area contributed by atoms with Gasteiger partial charge in [0.15, 0.2) is 0 Å². The normalized spacial score (nSPS) is 16.5. The van der Waals surface area contributed by atoms with Crippen LogP contribution in [-0.4, -0.2) is 33.2 Å². The predicted octanol–water partition coefficient (Wildman–Crippen LogP) is 2.91. The van der Waals surface area contributed by atoms with Gasteiger partial charge in [-0.3, -0.25) is 9.69 Å². The fourth-order valence-corrected chi connectivity index (χ4v) is 3.71. The third-order valence-electron chi connectivity index (χ3n) is 4.18. The van der Waals surface area contributed by atoms with E-state index in [-0.39, 0.29) is 18.0 Å². The maximum absolute atomic E-state index is 12.5. The number of thiophene rings is 1. The lowest BCUT2D eigenvalue weighted by Gasteiger charge is -2.31. The van der Waals surface area contributed by atoms with Gasteiger partial charge in [-0.25, -0.2) is 4.68 Å². The molecule has 3 rings (SSSR count). The molecule has 0 spiro atoms. The molecular formula is C16H22N4OS. The SMILES string of the molecule is CC(C)n1nccc1NC(=O)[C@@H](C)N1CCc2sccc2C1. The molecule has 0 fully saturated rings. The van der Waals surface area contributed by atoms with Crippen molar-refractivity contribution in [3.05, 3.63) is 34.2 Å². The number of nitrogens with zero attached hydrogens (tertiary/aromatic N) is 3. The number of hydrogen-bond donors (Lipinski definition) is 1. The van der Waals surface area contributed by atoms with E-state index in [0.717, 1.165) is 25.3 Å². The third kappa shape index (κ3) is 2.94. The van der Waals surface area contributed by atoms with Crippen molar-refractivity contribution in [2.75, 3.05) is 11.9 Å². The first-order valence-corrected chi connectivity index (χ1v) is 8.58. The van der Waals surface area contributed by atoms with Crippen molar-refractivity contribution in [1.82, 2.24) is 14.7 Å². The highest BCUT2D eigenvalue weighted by atomic mass is 32.1. The number of aromatic nitrogens is 2. The van der Waals surface area contributed by atoms with Crippen LogP contribution >= 0.6 is 11.3 Å². The summed E-state index contributed by atoms with van der Waals surface area (Å²) in [4.78, 5) is 16.2. The molecule has 2 aromatic rings. The first-order chi connectivity index (χ1) is 10.6. The molecule has 1 aliphatic rings. The maximum Gasteiger partial charge on any atom is 0.242 e. The summed E-state index contributed by atoms with van der Waals surface area (Å²) in [7, 11) is 0. The molecule has 1 atom stereocenters. The minimum Gasteiger partial charge on any atom is -0.310 e. The van der Waals surface area contributed by atoms with Crippen molar-refractivity contribution < 1.29 is 4.79 Å². The van der Waals surface area contributed by atoms with Gasteiger partial charge in [-0.05, 0) is 44.2 Å². The molecular weight excluding hydrogens is 296 g/mol. The molecule has 1 N–H and O–H groups in total. The molecule has 1 aliphatic heterocycles. The van der Waals surface area contributed by atoms with Crippen LogP contribution in [0.4, 0.5) is 5.82 Å². The quantitative estimate of drug-likeness (QED) is 0.943. The van der Waals surface area contributed by atoms with E-state index in [1.54, 1.807) is 6.20 Å². The Morgan fingerprint density at radius 3 is 2.95 bits per heavy atom. The summed E-state index contributed by atoms with van der Waals surface area (Å²) in [6, 6.07) is 4.09. The molecule has 6 heteroatoms. The molecule has 0 bridgehead atoms. The van der Waals surface area contributed by atoms with E-state index >= 15 is 0 Å². The second-order valence-corrected chi connectivity index (χ2v) is 7.01. The maximum atomic E-state index is 12.5. The van der Waals surface area contributed by atoms with Crippen LogP contribution in [0.2, 0.25) is 0 Å². The monoisotopic (exact) mass is 318 g/mol. The fourth-order valence-electron chi connectivity index (χ4n) is 2.82. The minimum atomic E-state index is -0.149. The Hall–Kier alpha value is -1.66. The van der Waals surface area contributed by atoms with Crippen molar-refractivity contribution >= 4 is 23.1 Å². The first kappa shape index (κ1) is 15.2. The van der Waals surface area contributed by atoms with E-state index in [9.17, 15) is 4.79 Å². The Labute approximate surface area is 134 Å². The summed E-state index contributed by atoms with van der Waals surface area (Å²) in [6.07, 6.45) is 2.76. The second kappa shape index (κ2) is 6.22. The molecule has 118 valence electrons. The summed E-state index contributed by atoms with van der Waals surface area (Å²) < 4.78 is 1.83. The molecule has 3 heterocycles. The zero-order valence-electron chi connectivity index (χ0n) is 13.2. The van der Waals surface area contributed by atoms with Gasteiger partial charge in [-0.1, -0.05) is 0 Å². The van der Waals surface area contributed by atoms with Gasteiger partial charge in [-0.2, -0.15) is 5.10 Å². The van der Waals surface area contributed by atoms with Crippen LogP contribution in [0, 0.1) is 0 Å². The average Bonchev–Trinajstić information content (AvgIpc) is 3.13. The van der Waals surface area contributed by atoms with Crippen LogP contribution in [0.5, 0.6) is 0 Å². The highest BCUT2D eigenvalue weighted by Gasteiger charge is 2.26. The van der Waals surface area contributed by atoms with E-state index in [1.165, 1.54) is 10.4 Å². The van der Waals surface area contributed by atoms with E-state index in [0.29, 0.717) is 0 Å². The molecule has 0 saturated heterocycles. The number of amides is 1. The molecule has 0 radical (unpaired) electrons. The number of carbonyl (C=O) groups excluding carboxylic acids is 1. The molecule has 2 aromatic heterocycles. The molecule has 0 aromatic carbocycles. The number of hydrogen-bond acceptors (Lipinski definition) is 4. The van der Waals surface area contributed by atoms with Gasteiger partial charge in [0.05, 0.1) is 12.2 Å². The average molecular weight is 318 g/mol. The van der Waals surface area contributed by atoms with Gasteiger partial charge in [0, 0.05) is 30.1 Å². The zero-order chi connectivity index (χ0) is 15.7. The van der Waals surface area contributed by atoms with Gasteiger partial charge in [0.1, 0.15) is 5.82 Å². The minimum absolute atomic E-state index is 0.0288.